The van der Waals surface area contributed by atoms with Crippen LogP contribution in [0, 0.1) is 5.92 Å². The van der Waals surface area contributed by atoms with Crippen molar-refractivity contribution in [1.82, 2.24) is 0 Å². The normalized spacial score (nSPS) is 27.0. The first-order valence-electron chi connectivity index (χ1n) is 8.16. The summed E-state index contributed by atoms with van der Waals surface area (Å²) in [4.78, 5) is 11.9. The molecule has 1 atom stereocenters. The number of hydrogen-bond donors (Lipinski definition) is 0. The van der Waals surface area contributed by atoms with Crippen LogP contribution >= 0.6 is 0 Å². The predicted octanol–water partition coefficient (Wildman–Crippen LogP) is 3.69. The van der Waals surface area contributed by atoms with E-state index in [0.717, 1.165) is 18.3 Å². The van der Waals surface area contributed by atoms with Crippen LogP contribution in [-0.4, -0.2) is 29.9 Å². The van der Waals surface area contributed by atoms with Gasteiger partial charge in [0.2, 0.25) is 0 Å². The third-order valence-electron chi connectivity index (χ3n) is 4.67. The van der Waals surface area contributed by atoms with Gasteiger partial charge in [0.15, 0.2) is 0 Å². The first-order valence-corrected chi connectivity index (χ1v) is 8.16. The lowest BCUT2D eigenvalue weighted by Crippen LogP contribution is -2.41. The summed E-state index contributed by atoms with van der Waals surface area (Å²) in [6.07, 6.45) is 4.35. The van der Waals surface area contributed by atoms with E-state index in [1.165, 1.54) is 0 Å². The van der Waals surface area contributed by atoms with Gasteiger partial charge >= 0.3 is 13.1 Å². The summed E-state index contributed by atoms with van der Waals surface area (Å²) >= 11 is 0. The Morgan fingerprint density at radius 1 is 1.27 bits per heavy atom. The van der Waals surface area contributed by atoms with Gasteiger partial charge in [-0.1, -0.05) is 6.08 Å². The van der Waals surface area contributed by atoms with Crippen molar-refractivity contribution in [3.8, 4) is 0 Å². The van der Waals surface area contributed by atoms with Gasteiger partial charge in [0, 0.05) is 6.42 Å². The topological polar surface area (TPSA) is 44.8 Å². The zero-order chi connectivity index (χ0) is 16.8. The minimum absolute atomic E-state index is 0.124. The summed E-state index contributed by atoms with van der Waals surface area (Å²) < 4.78 is 17.6. The third-order valence-corrected chi connectivity index (χ3v) is 4.67. The number of carbonyl (C=O) groups excluding carboxylic acids is 1. The second-order valence-electron chi connectivity index (χ2n) is 8.46. The van der Waals surface area contributed by atoms with Gasteiger partial charge in [-0.25, -0.2) is 0 Å². The van der Waals surface area contributed by atoms with Gasteiger partial charge in [0.1, 0.15) is 5.60 Å². The molecule has 1 saturated heterocycles. The van der Waals surface area contributed by atoms with Gasteiger partial charge in [0.05, 0.1) is 11.2 Å². The van der Waals surface area contributed by atoms with Crippen molar-refractivity contribution >= 4 is 13.1 Å². The zero-order valence-corrected chi connectivity index (χ0v) is 15.0. The minimum atomic E-state index is -0.419. The molecule has 1 aliphatic carbocycles. The highest BCUT2D eigenvalue weighted by Crippen LogP contribution is 2.41. The van der Waals surface area contributed by atoms with Gasteiger partial charge < -0.3 is 14.0 Å². The average molecular weight is 308 g/mol. The Morgan fingerprint density at radius 3 is 2.32 bits per heavy atom. The minimum Gasteiger partial charge on any atom is -0.460 e. The molecule has 0 radical (unpaired) electrons. The molecule has 0 aromatic rings. The first kappa shape index (κ1) is 17.5. The fourth-order valence-corrected chi connectivity index (χ4v) is 2.78. The zero-order valence-electron chi connectivity index (χ0n) is 15.0. The van der Waals surface area contributed by atoms with Crippen molar-refractivity contribution in [2.75, 3.05) is 0 Å². The molecule has 1 unspecified atom stereocenters. The van der Waals surface area contributed by atoms with Crippen molar-refractivity contribution in [1.29, 1.82) is 0 Å². The molecule has 2 rings (SSSR count). The molecule has 0 saturated carbocycles. The summed E-state index contributed by atoms with van der Waals surface area (Å²) in [7, 11) is -0.284. The van der Waals surface area contributed by atoms with Crippen molar-refractivity contribution in [2.45, 2.75) is 84.5 Å². The van der Waals surface area contributed by atoms with Crippen LogP contribution in [0.15, 0.2) is 11.5 Å². The molecule has 22 heavy (non-hydrogen) atoms. The second kappa shape index (κ2) is 5.68. The Labute approximate surface area is 134 Å². The lowest BCUT2D eigenvalue weighted by atomic mass is 9.76. The maximum Gasteiger partial charge on any atom is 0.490 e. The Balaban J connectivity index is 1.87. The monoisotopic (exact) mass is 308 g/mol. The smallest absolute Gasteiger partial charge is 0.460 e. The SMILES string of the molecule is CC(C)(C)OC(=O)CC1CC=C(B2OC(C)(C)C(C)(C)O2)C1. The molecule has 1 heterocycles. The van der Waals surface area contributed by atoms with Crippen LogP contribution in [0.3, 0.4) is 0 Å². The maximum atomic E-state index is 11.9. The van der Waals surface area contributed by atoms with E-state index in [0.29, 0.717) is 12.3 Å². The van der Waals surface area contributed by atoms with Crippen molar-refractivity contribution in [3.05, 3.63) is 11.5 Å². The van der Waals surface area contributed by atoms with Gasteiger partial charge in [0.25, 0.3) is 0 Å². The summed E-state index contributed by atoms with van der Waals surface area (Å²) in [6.45, 7) is 13.9. The summed E-state index contributed by atoms with van der Waals surface area (Å²) in [5, 5.41) is 0. The summed E-state index contributed by atoms with van der Waals surface area (Å²) in [5.74, 6) is 0.171. The lowest BCUT2D eigenvalue weighted by molar-refractivity contribution is -0.155. The quantitative estimate of drug-likeness (QED) is 0.589. The standard InChI is InChI=1S/C17H29BO4/c1-15(2,3)20-14(19)11-12-8-9-13(10-12)18-21-16(4,5)17(6,7)22-18/h9,12H,8,10-11H2,1-7H3. The highest BCUT2D eigenvalue weighted by Gasteiger charge is 2.52. The molecule has 5 heteroatoms. The number of esters is 1. The van der Waals surface area contributed by atoms with E-state index >= 15 is 0 Å². The highest BCUT2D eigenvalue weighted by atomic mass is 16.7. The molecule has 0 N–H and O–H groups in total. The van der Waals surface area contributed by atoms with Crippen LogP contribution in [0.5, 0.6) is 0 Å². The summed E-state index contributed by atoms with van der Waals surface area (Å²) in [6, 6.07) is 0. The van der Waals surface area contributed by atoms with E-state index in [1.54, 1.807) is 0 Å². The van der Waals surface area contributed by atoms with Crippen molar-refractivity contribution < 1.29 is 18.8 Å². The molecule has 1 aliphatic heterocycles. The third kappa shape index (κ3) is 3.93. The number of hydrogen-bond acceptors (Lipinski definition) is 4. The number of carbonyl (C=O) groups is 1. The van der Waals surface area contributed by atoms with E-state index < -0.39 is 5.60 Å². The lowest BCUT2D eigenvalue weighted by Gasteiger charge is -2.32. The first-order chi connectivity index (χ1) is 9.90. The van der Waals surface area contributed by atoms with E-state index in [2.05, 4.69) is 33.8 Å². The largest absolute Gasteiger partial charge is 0.490 e. The molecule has 4 nitrogen and oxygen atoms in total. The van der Waals surface area contributed by atoms with Crippen LogP contribution in [-0.2, 0) is 18.8 Å². The molecule has 0 amide bonds. The van der Waals surface area contributed by atoms with Crippen molar-refractivity contribution in [3.63, 3.8) is 0 Å². The number of ether oxygens (including phenoxy) is 1. The van der Waals surface area contributed by atoms with E-state index in [4.69, 9.17) is 14.0 Å². The molecular weight excluding hydrogens is 279 g/mol. The van der Waals surface area contributed by atoms with Crippen LogP contribution in [0.2, 0.25) is 0 Å². The average Bonchev–Trinajstić information content (AvgIpc) is 2.79. The molecule has 0 aromatic heterocycles. The summed E-state index contributed by atoms with van der Waals surface area (Å²) in [5.41, 5.74) is 0.105. The Bertz CT molecular complexity index is 458. The predicted molar refractivity (Wildman–Crippen MR) is 87.4 cm³/mol. The number of rotatable bonds is 3. The van der Waals surface area contributed by atoms with Gasteiger partial charge in [-0.2, -0.15) is 0 Å². The molecule has 0 aromatic carbocycles. The van der Waals surface area contributed by atoms with E-state index in [1.807, 2.05) is 20.8 Å². The highest BCUT2D eigenvalue weighted by molar-refractivity contribution is 6.54. The molecule has 124 valence electrons. The fraction of sp³-hybridized carbons (Fsp3) is 0.824. The van der Waals surface area contributed by atoms with E-state index in [-0.39, 0.29) is 24.3 Å². The van der Waals surface area contributed by atoms with Crippen LogP contribution < -0.4 is 0 Å². The molecule has 0 spiro atoms. The van der Waals surface area contributed by atoms with Crippen LogP contribution in [0.4, 0.5) is 0 Å². The maximum absolute atomic E-state index is 11.9. The fourth-order valence-electron chi connectivity index (χ4n) is 2.78. The van der Waals surface area contributed by atoms with Crippen LogP contribution in [0.1, 0.15) is 67.7 Å². The van der Waals surface area contributed by atoms with E-state index in [9.17, 15) is 4.79 Å². The van der Waals surface area contributed by atoms with Gasteiger partial charge in [-0.3, -0.25) is 4.79 Å². The Hall–Kier alpha value is -0.805. The second-order valence-corrected chi connectivity index (χ2v) is 8.46. The molecular formula is C17H29BO4. The van der Waals surface area contributed by atoms with Crippen molar-refractivity contribution in [2.24, 2.45) is 5.92 Å². The molecule has 1 fully saturated rings. The Morgan fingerprint density at radius 2 is 1.82 bits per heavy atom. The Kier molecular flexibility index (Phi) is 4.53. The molecule has 2 aliphatic rings. The van der Waals surface area contributed by atoms with Gasteiger partial charge in [-0.15, -0.1) is 0 Å². The van der Waals surface area contributed by atoms with Crippen LogP contribution in [0.25, 0.3) is 0 Å². The number of allylic oxidation sites excluding steroid dienone is 2. The van der Waals surface area contributed by atoms with Gasteiger partial charge in [-0.05, 0) is 72.7 Å². The molecule has 0 bridgehead atoms.